The second-order valence-electron chi connectivity index (χ2n) is 6.34. The van der Waals surface area contributed by atoms with Gasteiger partial charge in [-0.05, 0) is 55.4 Å². The Kier molecular flexibility index (Phi) is 4.49. The van der Waals surface area contributed by atoms with Crippen molar-refractivity contribution in [3.05, 3.63) is 41.7 Å². The summed E-state index contributed by atoms with van der Waals surface area (Å²) >= 11 is 0. The van der Waals surface area contributed by atoms with Crippen molar-refractivity contribution in [3.8, 4) is 5.75 Å². The lowest BCUT2D eigenvalue weighted by Crippen LogP contribution is -2.31. The van der Waals surface area contributed by atoms with E-state index in [1.54, 1.807) is 12.1 Å². The number of phenolic OH excluding ortho intramolecular Hbond substituents is 1. The van der Waals surface area contributed by atoms with Crippen molar-refractivity contribution in [2.24, 2.45) is 5.92 Å². The average Bonchev–Trinajstić information content (AvgIpc) is 2.99. The molecule has 3 rings (SSSR count). The van der Waals surface area contributed by atoms with E-state index >= 15 is 0 Å². The molecule has 2 N–H and O–H groups in total. The van der Waals surface area contributed by atoms with Crippen molar-refractivity contribution < 1.29 is 14.9 Å². The molecule has 1 aliphatic heterocycles. The summed E-state index contributed by atoms with van der Waals surface area (Å²) < 4.78 is 6.19. The fraction of sp³-hybridized carbons (Fsp3) is 0.556. The molecule has 3 heteroatoms. The summed E-state index contributed by atoms with van der Waals surface area (Å²) in [7, 11) is 0. The second-order valence-corrected chi connectivity index (χ2v) is 6.34. The Morgan fingerprint density at radius 3 is 2.71 bits per heavy atom. The normalized spacial score (nSPS) is 26.8. The molecule has 1 aromatic rings. The highest BCUT2D eigenvalue weighted by atomic mass is 16.5. The van der Waals surface area contributed by atoms with Crippen LogP contribution in [0.2, 0.25) is 0 Å². The topological polar surface area (TPSA) is 49.7 Å². The van der Waals surface area contributed by atoms with E-state index in [2.05, 4.69) is 0 Å². The maximum absolute atomic E-state index is 9.99. The lowest BCUT2D eigenvalue weighted by molar-refractivity contribution is -0.0366. The van der Waals surface area contributed by atoms with Crippen LogP contribution in [0.5, 0.6) is 5.75 Å². The van der Waals surface area contributed by atoms with Gasteiger partial charge in [-0.15, -0.1) is 0 Å². The molecular weight excluding hydrogens is 264 g/mol. The van der Waals surface area contributed by atoms with Crippen LogP contribution in [0, 0.1) is 5.92 Å². The number of hydrogen-bond donors (Lipinski definition) is 2. The van der Waals surface area contributed by atoms with Crippen LogP contribution >= 0.6 is 0 Å². The summed E-state index contributed by atoms with van der Waals surface area (Å²) in [5.41, 5.74) is 1.12. The maximum atomic E-state index is 9.99. The van der Waals surface area contributed by atoms with Crippen LogP contribution in [0.1, 0.15) is 44.1 Å². The predicted molar refractivity (Wildman–Crippen MR) is 82.4 cm³/mol. The fourth-order valence-electron chi connectivity index (χ4n) is 3.54. The van der Waals surface area contributed by atoms with Gasteiger partial charge in [0.15, 0.2) is 0 Å². The Morgan fingerprint density at radius 1 is 1.14 bits per heavy atom. The predicted octanol–water partition coefficient (Wildman–Crippen LogP) is 4.11. The van der Waals surface area contributed by atoms with E-state index < -0.39 is 0 Å². The Hall–Kier alpha value is -1.48. The van der Waals surface area contributed by atoms with E-state index in [-0.39, 0.29) is 12.2 Å². The van der Waals surface area contributed by atoms with Crippen LogP contribution in [-0.4, -0.2) is 22.4 Å². The number of aryl methyl sites for hydroxylation is 1. The van der Waals surface area contributed by atoms with Gasteiger partial charge in [-0.25, -0.2) is 0 Å². The standard InChI is InChI=1S/C18H24O3/c19-15-7-3-4-13(10-15)8-9-17-11-16(20)12-18(21-17)14-5-1-2-6-14/h3-4,7,10,12,14,17-20H,1-2,5-6,8-9,11H2. The molecule has 0 aromatic heterocycles. The molecule has 2 atom stereocenters. The summed E-state index contributed by atoms with van der Waals surface area (Å²) in [5.74, 6) is 1.37. The molecule has 0 saturated heterocycles. The quantitative estimate of drug-likeness (QED) is 0.876. The van der Waals surface area contributed by atoms with Crippen molar-refractivity contribution in [2.45, 2.75) is 57.2 Å². The van der Waals surface area contributed by atoms with Crippen LogP contribution in [0.4, 0.5) is 0 Å². The highest BCUT2D eigenvalue weighted by Gasteiger charge is 2.30. The first-order valence-electron chi connectivity index (χ1n) is 8.04. The van der Waals surface area contributed by atoms with Crippen molar-refractivity contribution in [1.82, 2.24) is 0 Å². The first-order chi connectivity index (χ1) is 10.2. The molecule has 0 amide bonds. The van der Waals surface area contributed by atoms with Gasteiger partial charge in [0.1, 0.15) is 5.75 Å². The summed E-state index contributed by atoms with van der Waals surface area (Å²) in [5, 5.41) is 19.5. The van der Waals surface area contributed by atoms with E-state index in [1.165, 1.54) is 25.7 Å². The summed E-state index contributed by atoms with van der Waals surface area (Å²) in [6, 6.07) is 7.37. The van der Waals surface area contributed by atoms with Crippen molar-refractivity contribution in [2.75, 3.05) is 0 Å². The molecule has 1 fully saturated rings. The van der Waals surface area contributed by atoms with Crippen LogP contribution in [-0.2, 0) is 11.2 Å². The van der Waals surface area contributed by atoms with Gasteiger partial charge in [0.25, 0.3) is 0 Å². The molecule has 2 unspecified atom stereocenters. The van der Waals surface area contributed by atoms with E-state index in [4.69, 9.17) is 4.74 Å². The molecular formula is C18H24O3. The number of phenols is 1. The number of benzene rings is 1. The van der Waals surface area contributed by atoms with E-state index in [0.717, 1.165) is 18.4 Å². The highest BCUT2D eigenvalue weighted by molar-refractivity contribution is 5.27. The molecule has 21 heavy (non-hydrogen) atoms. The van der Waals surface area contributed by atoms with E-state index in [0.29, 0.717) is 23.8 Å². The highest BCUT2D eigenvalue weighted by Crippen LogP contribution is 2.34. The maximum Gasteiger partial charge on any atom is 0.115 e. The molecule has 0 radical (unpaired) electrons. The molecule has 3 nitrogen and oxygen atoms in total. The molecule has 1 heterocycles. The largest absolute Gasteiger partial charge is 0.512 e. The third-order valence-corrected chi connectivity index (χ3v) is 4.67. The minimum atomic E-state index is 0.0861. The van der Waals surface area contributed by atoms with Crippen LogP contribution < -0.4 is 0 Å². The van der Waals surface area contributed by atoms with Gasteiger partial charge in [-0.2, -0.15) is 0 Å². The van der Waals surface area contributed by atoms with Crippen molar-refractivity contribution in [1.29, 1.82) is 0 Å². The molecule has 1 aliphatic carbocycles. The Morgan fingerprint density at radius 2 is 1.95 bits per heavy atom. The molecule has 1 saturated carbocycles. The van der Waals surface area contributed by atoms with Crippen molar-refractivity contribution >= 4 is 0 Å². The van der Waals surface area contributed by atoms with Crippen LogP contribution in [0.15, 0.2) is 36.1 Å². The number of aliphatic hydroxyl groups excluding tert-OH is 1. The SMILES string of the molecule is OC1=CC(C2CCCC2)OC(CCc2cccc(O)c2)C1. The summed E-state index contributed by atoms with van der Waals surface area (Å²) in [6.07, 6.45) is 9.46. The summed E-state index contributed by atoms with van der Waals surface area (Å²) in [4.78, 5) is 0. The monoisotopic (exact) mass is 288 g/mol. The number of aliphatic hydroxyl groups is 1. The molecule has 0 spiro atoms. The lowest BCUT2D eigenvalue weighted by Gasteiger charge is -2.31. The van der Waals surface area contributed by atoms with Gasteiger partial charge >= 0.3 is 0 Å². The second kappa shape index (κ2) is 6.52. The number of aromatic hydroxyl groups is 1. The molecule has 1 aromatic carbocycles. The fourth-order valence-corrected chi connectivity index (χ4v) is 3.54. The third kappa shape index (κ3) is 3.79. The van der Waals surface area contributed by atoms with Gasteiger partial charge in [0.05, 0.1) is 18.0 Å². The molecule has 2 aliphatic rings. The minimum absolute atomic E-state index is 0.0861. The number of ether oxygens (including phenoxy) is 1. The first-order valence-corrected chi connectivity index (χ1v) is 8.04. The zero-order valence-electron chi connectivity index (χ0n) is 12.4. The third-order valence-electron chi connectivity index (χ3n) is 4.67. The zero-order valence-corrected chi connectivity index (χ0v) is 12.4. The Bertz CT molecular complexity index is 503. The molecule has 114 valence electrons. The average molecular weight is 288 g/mol. The van der Waals surface area contributed by atoms with Gasteiger partial charge in [0, 0.05) is 6.42 Å². The minimum Gasteiger partial charge on any atom is -0.512 e. The Labute approximate surface area is 126 Å². The van der Waals surface area contributed by atoms with Gasteiger partial charge < -0.3 is 14.9 Å². The number of hydrogen-bond acceptors (Lipinski definition) is 3. The summed E-state index contributed by atoms with van der Waals surface area (Å²) in [6.45, 7) is 0. The first kappa shape index (κ1) is 14.5. The van der Waals surface area contributed by atoms with Crippen molar-refractivity contribution in [3.63, 3.8) is 0 Å². The molecule has 0 bridgehead atoms. The zero-order chi connectivity index (χ0) is 14.7. The smallest absolute Gasteiger partial charge is 0.115 e. The lowest BCUT2D eigenvalue weighted by atomic mass is 9.95. The van der Waals surface area contributed by atoms with E-state index in [9.17, 15) is 10.2 Å². The van der Waals surface area contributed by atoms with Gasteiger partial charge in [-0.1, -0.05) is 25.0 Å². The number of rotatable bonds is 4. The Balaban J connectivity index is 1.57. The van der Waals surface area contributed by atoms with Gasteiger partial charge in [-0.3, -0.25) is 0 Å². The van der Waals surface area contributed by atoms with Crippen LogP contribution in [0.25, 0.3) is 0 Å². The van der Waals surface area contributed by atoms with Crippen LogP contribution in [0.3, 0.4) is 0 Å². The van der Waals surface area contributed by atoms with E-state index in [1.807, 2.05) is 18.2 Å². The van der Waals surface area contributed by atoms with Gasteiger partial charge in [0.2, 0.25) is 0 Å².